The maximum Gasteiger partial charge on any atom is 0.0507 e. The summed E-state index contributed by atoms with van der Waals surface area (Å²) in [6.45, 7) is 2.94. The standard InChI is InChI=1S/C14H17N3/c1-2-17(15-13-9-5-3-6-10-13)16-14-11-7-4-8-12-14/h3-12,15-16H,2H2,1H3. The van der Waals surface area contributed by atoms with Crippen LogP contribution in [0.4, 0.5) is 11.4 Å². The average Bonchev–Trinajstić information content (AvgIpc) is 2.40. The van der Waals surface area contributed by atoms with Crippen molar-refractivity contribution >= 4 is 11.4 Å². The Bertz CT molecular complexity index is 386. The third-order valence-electron chi connectivity index (χ3n) is 2.39. The van der Waals surface area contributed by atoms with Crippen molar-refractivity contribution in [2.45, 2.75) is 6.92 Å². The Morgan fingerprint density at radius 2 is 1.18 bits per heavy atom. The first-order chi connectivity index (χ1) is 8.38. The van der Waals surface area contributed by atoms with Gasteiger partial charge in [-0.3, -0.25) is 0 Å². The van der Waals surface area contributed by atoms with Gasteiger partial charge in [-0.1, -0.05) is 36.4 Å². The van der Waals surface area contributed by atoms with Crippen LogP contribution in [0.5, 0.6) is 0 Å². The summed E-state index contributed by atoms with van der Waals surface area (Å²) in [5, 5.41) is 1.95. The van der Waals surface area contributed by atoms with Crippen molar-refractivity contribution in [1.29, 1.82) is 0 Å². The van der Waals surface area contributed by atoms with Crippen LogP contribution in [-0.4, -0.2) is 11.7 Å². The zero-order valence-corrected chi connectivity index (χ0v) is 9.93. The molecule has 88 valence electrons. The van der Waals surface area contributed by atoms with Gasteiger partial charge in [0.05, 0.1) is 11.4 Å². The van der Waals surface area contributed by atoms with Gasteiger partial charge in [0.1, 0.15) is 0 Å². The molecule has 17 heavy (non-hydrogen) atoms. The number of rotatable bonds is 5. The zero-order valence-electron chi connectivity index (χ0n) is 9.93. The second-order valence-corrected chi connectivity index (χ2v) is 3.70. The molecule has 0 saturated carbocycles. The Labute approximate surface area is 102 Å². The van der Waals surface area contributed by atoms with E-state index in [1.807, 2.05) is 65.8 Å². The van der Waals surface area contributed by atoms with Gasteiger partial charge >= 0.3 is 0 Å². The van der Waals surface area contributed by atoms with Gasteiger partial charge in [-0.25, -0.2) is 0 Å². The molecule has 0 aliphatic carbocycles. The molecule has 0 aliphatic rings. The van der Waals surface area contributed by atoms with Gasteiger partial charge in [0.25, 0.3) is 0 Å². The summed E-state index contributed by atoms with van der Waals surface area (Å²) >= 11 is 0. The van der Waals surface area contributed by atoms with E-state index in [0.717, 1.165) is 17.9 Å². The molecular formula is C14H17N3. The Morgan fingerprint density at radius 1 is 0.765 bits per heavy atom. The van der Waals surface area contributed by atoms with Crippen molar-refractivity contribution in [3.05, 3.63) is 60.7 Å². The van der Waals surface area contributed by atoms with E-state index in [-0.39, 0.29) is 0 Å². The molecule has 0 saturated heterocycles. The number of benzene rings is 2. The van der Waals surface area contributed by atoms with Gasteiger partial charge in [-0.15, -0.1) is 5.12 Å². The first-order valence-corrected chi connectivity index (χ1v) is 5.79. The highest BCUT2D eigenvalue weighted by Gasteiger charge is 2.00. The van der Waals surface area contributed by atoms with E-state index < -0.39 is 0 Å². The Morgan fingerprint density at radius 3 is 1.53 bits per heavy atom. The highest BCUT2D eigenvalue weighted by molar-refractivity contribution is 5.45. The number of anilines is 2. The fraction of sp³-hybridized carbons (Fsp3) is 0.143. The lowest BCUT2D eigenvalue weighted by Gasteiger charge is -2.24. The Balaban J connectivity index is 1.98. The van der Waals surface area contributed by atoms with Crippen LogP contribution in [0.2, 0.25) is 0 Å². The summed E-state index contributed by atoms with van der Waals surface area (Å²) in [6.07, 6.45) is 0. The lowest BCUT2D eigenvalue weighted by molar-refractivity contribution is 0.418. The molecule has 2 N–H and O–H groups in total. The van der Waals surface area contributed by atoms with Crippen molar-refractivity contribution in [2.75, 3.05) is 17.4 Å². The summed E-state index contributed by atoms with van der Waals surface area (Å²) < 4.78 is 0. The maximum absolute atomic E-state index is 3.30. The second kappa shape index (κ2) is 5.92. The molecule has 2 aromatic rings. The molecule has 0 aromatic heterocycles. The minimum atomic E-state index is 0.851. The van der Waals surface area contributed by atoms with Crippen molar-refractivity contribution in [1.82, 2.24) is 5.12 Å². The Hall–Kier alpha value is -2.00. The molecule has 0 spiro atoms. The third kappa shape index (κ3) is 3.50. The monoisotopic (exact) mass is 227 g/mol. The van der Waals surface area contributed by atoms with Crippen LogP contribution in [0.15, 0.2) is 60.7 Å². The van der Waals surface area contributed by atoms with Crippen LogP contribution < -0.4 is 10.9 Å². The van der Waals surface area contributed by atoms with Gasteiger partial charge in [0.2, 0.25) is 0 Å². The van der Waals surface area contributed by atoms with Crippen molar-refractivity contribution < 1.29 is 0 Å². The van der Waals surface area contributed by atoms with Crippen LogP contribution in [0, 0.1) is 0 Å². The summed E-state index contributed by atoms with van der Waals surface area (Å²) in [5.41, 5.74) is 8.73. The average molecular weight is 227 g/mol. The molecule has 0 atom stereocenters. The molecule has 3 heteroatoms. The normalized spacial score (nSPS) is 10.2. The third-order valence-corrected chi connectivity index (χ3v) is 2.39. The first kappa shape index (κ1) is 11.5. The largest absolute Gasteiger partial charge is 0.301 e. The lowest BCUT2D eigenvalue weighted by Crippen LogP contribution is -2.35. The summed E-state index contributed by atoms with van der Waals surface area (Å²) in [6, 6.07) is 20.2. The lowest BCUT2D eigenvalue weighted by atomic mass is 10.3. The molecule has 0 bridgehead atoms. The molecule has 0 amide bonds. The predicted molar refractivity (Wildman–Crippen MR) is 72.5 cm³/mol. The topological polar surface area (TPSA) is 27.3 Å². The molecule has 3 nitrogen and oxygen atoms in total. The number of hydrogen-bond acceptors (Lipinski definition) is 3. The van der Waals surface area contributed by atoms with Crippen LogP contribution in [0.3, 0.4) is 0 Å². The van der Waals surface area contributed by atoms with E-state index in [4.69, 9.17) is 0 Å². The molecule has 2 aromatic carbocycles. The van der Waals surface area contributed by atoms with Gasteiger partial charge in [0.15, 0.2) is 0 Å². The number of hydrazine groups is 2. The fourth-order valence-electron chi connectivity index (χ4n) is 1.52. The number of nitrogens with zero attached hydrogens (tertiary/aromatic N) is 1. The quantitative estimate of drug-likeness (QED) is 0.767. The molecule has 0 heterocycles. The number of nitrogens with one attached hydrogen (secondary N) is 2. The number of para-hydroxylation sites is 2. The fourth-order valence-corrected chi connectivity index (χ4v) is 1.52. The van der Waals surface area contributed by atoms with Crippen LogP contribution in [-0.2, 0) is 0 Å². The van der Waals surface area contributed by atoms with Crippen LogP contribution in [0.25, 0.3) is 0 Å². The van der Waals surface area contributed by atoms with Gasteiger partial charge in [-0.2, -0.15) is 0 Å². The minimum absolute atomic E-state index is 0.851. The number of hydrogen-bond donors (Lipinski definition) is 2. The molecule has 0 fully saturated rings. The van der Waals surface area contributed by atoms with Gasteiger partial charge < -0.3 is 10.9 Å². The van der Waals surface area contributed by atoms with E-state index in [1.165, 1.54) is 0 Å². The first-order valence-electron chi connectivity index (χ1n) is 5.79. The van der Waals surface area contributed by atoms with E-state index in [2.05, 4.69) is 17.8 Å². The van der Waals surface area contributed by atoms with Gasteiger partial charge in [-0.05, 0) is 31.2 Å². The van der Waals surface area contributed by atoms with Crippen LogP contribution in [0.1, 0.15) is 6.92 Å². The Kier molecular flexibility index (Phi) is 4.00. The van der Waals surface area contributed by atoms with E-state index in [9.17, 15) is 0 Å². The summed E-state index contributed by atoms with van der Waals surface area (Å²) in [4.78, 5) is 0. The maximum atomic E-state index is 3.30. The summed E-state index contributed by atoms with van der Waals surface area (Å²) in [5.74, 6) is 0. The molecule has 0 unspecified atom stereocenters. The van der Waals surface area contributed by atoms with E-state index in [1.54, 1.807) is 0 Å². The van der Waals surface area contributed by atoms with E-state index >= 15 is 0 Å². The molecular weight excluding hydrogens is 210 g/mol. The zero-order chi connectivity index (χ0) is 11.9. The summed E-state index contributed by atoms with van der Waals surface area (Å²) in [7, 11) is 0. The highest BCUT2D eigenvalue weighted by Crippen LogP contribution is 2.10. The molecule has 0 aliphatic heterocycles. The SMILES string of the molecule is CCN(Nc1ccccc1)Nc1ccccc1. The molecule has 2 rings (SSSR count). The van der Waals surface area contributed by atoms with Crippen LogP contribution >= 0.6 is 0 Å². The second-order valence-electron chi connectivity index (χ2n) is 3.70. The van der Waals surface area contributed by atoms with E-state index in [0.29, 0.717) is 0 Å². The van der Waals surface area contributed by atoms with Gasteiger partial charge in [0, 0.05) is 6.54 Å². The van der Waals surface area contributed by atoms with Crippen molar-refractivity contribution in [3.63, 3.8) is 0 Å². The van der Waals surface area contributed by atoms with Crippen molar-refractivity contribution in [2.24, 2.45) is 0 Å². The molecule has 0 radical (unpaired) electrons. The minimum Gasteiger partial charge on any atom is -0.301 e. The predicted octanol–water partition coefficient (Wildman–Crippen LogP) is 3.36. The van der Waals surface area contributed by atoms with Crippen molar-refractivity contribution in [3.8, 4) is 0 Å². The smallest absolute Gasteiger partial charge is 0.0507 e. The highest BCUT2D eigenvalue weighted by atomic mass is 15.7.